The number of aryl methyl sites for hydroxylation is 1. The number of esters is 1. The lowest BCUT2D eigenvalue weighted by atomic mass is 10.1. The molecule has 0 unspecified atom stereocenters. The van der Waals surface area contributed by atoms with Crippen molar-refractivity contribution in [3.8, 4) is 6.07 Å². The van der Waals surface area contributed by atoms with Gasteiger partial charge in [0.05, 0.1) is 6.61 Å². The fourth-order valence-electron chi connectivity index (χ4n) is 1.36. The lowest BCUT2D eigenvalue weighted by molar-refractivity contribution is -0.137. The Morgan fingerprint density at radius 2 is 2.29 bits per heavy atom. The predicted octanol–water partition coefficient (Wildman–Crippen LogP) is 2.05. The first-order valence-corrected chi connectivity index (χ1v) is 5.23. The number of hydrogen-bond acceptors (Lipinski definition) is 4. The SMILES string of the molecule is CCOC(=O)C(C#N)=Cc1ccc(N)cc1C. The Morgan fingerprint density at radius 1 is 1.59 bits per heavy atom. The highest BCUT2D eigenvalue weighted by molar-refractivity contribution is 5.98. The minimum Gasteiger partial charge on any atom is -0.462 e. The molecule has 0 spiro atoms. The molecule has 1 aromatic rings. The zero-order valence-corrected chi connectivity index (χ0v) is 9.86. The summed E-state index contributed by atoms with van der Waals surface area (Å²) in [5.74, 6) is -0.605. The van der Waals surface area contributed by atoms with Gasteiger partial charge >= 0.3 is 5.97 Å². The molecule has 2 N–H and O–H groups in total. The number of anilines is 1. The molecule has 0 saturated heterocycles. The van der Waals surface area contributed by atoms with Crippen LogP contribution in [0.1, 0.15) is 18.1 Å². The van der Waals surface area contributed by atoms with Crippen LogP contribution in [0.4, 0.5) is 5.69 Å². The van der Waals surface area contributed by atoms with Gasteiger partial charge in [0.15, 0.2) is 0 Å². The first-order chi connectivity index (χ1) is 8.08. The van der Waals surface area contributed by atoms with Crippen molar-refractivity contribution in [3.63, 3.8) is 0 Å². The molecule has 0 aromatic heterocycles. The lowest BCUT2D eigenvalue weighted by Gasteiger charge is -2.03. The molecule has 0 bridgehead atoms. The lowest BCUT2D eigenvalue weighted by Crippen LogP contribution is -2.06. The smallest absolute Gasteiger partial charge is 0.348 e. The van der Waals surface area contributed by atoms with E-state index in [2.05, 4.69) is 0 Å². The average molecular weight is 230 g/mol. The normalized spacial score (nSPS) is 10.8. The van der Waals surface area contributed by atoms with E-state index in [-0.39, 0.29) is 12.2 Å². The summed E-state index contributed by atoms with van der Waals surface area (Å²) in [7, 11) is 0. The van der Waals surface area contributed by atoms with Gasteiger partial charge in [0.1, 0.15) is 11.6 Å². The highest BCUT2D eigenvalue weighted by Gasteiger charge is 2.10. The number of ether oxygens (including phenoxy) is 1. The minimum atomic E-state index is -0.605. The molecule has 0 heterocycles. The second-order valence-corrected chi connectivity index (χ2v) is 3.51. The van der Waals surface area contributed by atoms with E-state index < -0.39 is 5.97 Å². The van der Waals surface area contributed by atoms with Crippen LogP contribution < -0.4 is 5.73 Å². The maximum Gasteiger partial charge on any atom is 0.348 e. The maximum absolute atomic E-state index is 11.4. The second-order valence-electron chi connectivity index (χ2n) is 3.51. The quantitative estimate of drug-likeness (QED) is 0.373. The van der Waals surface area contributed by atoms with Gasteiger partial charge in [-0.3, -0.25) is 0 Å². The Hall–Kier alpha value is -2.28. The Labute approximate surface area is 100 Å². The van der Waals surface area contributed by atoms with Crippen LogP contribution in [0.2, 0.25) is 0 Å². The number of nitrogens with two attached hydrogens (primary N) is 1. The summed E-state index contributed by atoms with van der Waals surface area (Å²) in [6, 6.07) is 7.10. The van der Waals surface area contributed by atoms with E-state index >= 15 is 0 Å². The standard InChI is InChI=1S/C13H14N2O2/c1-3-17-13(16)11(8-14)7-10-4-5-12(15)6-9(10)2/h4-7H,3,15H2,1-2H3. The molecule has 0 radical (unpaired) electrons. The average Bonchev–Trinajstić information content (AvgIpc) is 2.28. The molecule has 1 aromatic carbocycles. The molecule has 0 saturated carbocycles. The summed E-state index contributed by atoms with van der Waals surface area (Å²) in [5, 5.41) is 8.89. The molecule has 0 atom stereocenters. The number of nitriles is 1. The van der Waals surface area contributed by atoms with Gasteiger partial charge < -0.3 is 10.5 Å². The molecule has 0 fully saturated rings. The maximum atomic E-state index is 11.4. The van der Waals surface area contributed by atoms with E-state index in [1.165, 1.54) is 6.08 Å². The van der Waals surface area contributed by atoms with Gasteiger partial charge in [-0.2, -0.15) is 5.26 Å². The van der Waals surface area contributed by atoms with Gasteiger partial charge in [-0.05, 0) is 43.2 Å². The largest absolute Gasteiger partial charge is 0.462 e. The molecular weight excluding hydrogens is 216 g/mol. The summed E-state index contributed by atoms with van der Waals surface area (Å²) >= 11 is 0. The van der Waals surface area contributed by atoms with Crippen molar-refractivity contribution in [2.24, 2.45) is 0 Å². The van der Waals surface area contributed by atoms with Crippen molar-refractivity contribution in [2.45, 2.75) is 13.8 Å². The van der Waals surface area contributed by atoms with Crippen molar-refractivity contribution >= 4 is 17.7 Å². The Balaban J connectivity index is 3.07. The van der Waals surface area contributed by atoms with E-state index in [1.807, 2.05) is 13.0 Å². The number of carbonyl (C=O) groups is 1. The highest BCUT2D eigenvalue weighted by Crippen LogP contribution is 2.16. The van der Waals surface area contributed by atoms with Crippen LogP contribution in [-0.2, 0) is 9.53 Å². The van der Waals surface area contributed by atoms with Crippen molar-refractivity contribution < 1.29 is 9.53 Å². The van der Waals surface area contributed by atoms with Gasteiger partial charge in [0, 0.05) is 5.69 Å². The zero-order chi connectivity index (χ0) is 12.8. The van der Waals surface area contributed by atoms with Crippen LogP contribution in [-0.4, -0.2) is 12.6 Å². The molecule has 0 amide bonds. The van der Waals surface area contributed by atoms with Gasteiger partial charge in [0.25, 0.3) is 0 Å². The third kappa shape index (κ3) is 3.35. The Bertz CT molecular complexity index is 499. The number of benzene rings is 1. The fourth-order valence-corrected chi connectivity index (χ4v) is 1.36. The molecule has 17 heavy (non-hydrogen) atoms. The summed E-state index contributed by atoms with van der Waals surface area (Å²) in [5.41, 5.74) is 7.94. The van der Waals surface area contributed by atoms with Crippen LogP contribution in [0.15, 0.2) is 23.8 Å². The number of rotatable bonds is 3. The molecule has 0 aliphatic heterocycles. The second kappa shape index (κ2) is 5.71. The van der Waals surface area contributed by atoms with Crippen LogP contribution in [0, 0.1) is 18.3 Å². The predicted molar refractivity (Wildman–Crippen MR) is 65.8 cm³/mol. The van der Waals surface area contributed by atoms with E-state index in [9.17, 15) is 4.79 Å². The molecule has 4 heteroatoms. The number of nitrogens with zero attached hydrogens (tertiary/aromatic N) is 1. The topological polar surface area (TPSA) is 76.1 Å². The van der Waals surface area contributed by atoms with Gasteiger partial charge in [-0.1, -0.05) is 6.07 Å². The van der Waals surface area contributed by atoms with Crippen LogP contribution >= 0.6 is 0 Å². The monoisotopic (exact) mass is 230 g/mol. The van der Waals surface area contributed by atoms with E-state index in [4.69, 9.17) is 15.7 Å². The van der Waals surface area contributed by atoms with Gasteiger partial charge in [0.2, 0.25) is 0 Å². The molecule has 88 valence electrons. The van der Waals surface area contributed by atoms with Gasteiger partial charge in [-0.25, -0.2) is 4.79 Å². The highest BCUT2D eigenvalue weighted by atomic mass is 16.5. The Kier molecular flexibility index (Phi) is 4.29. The summed E-state index contributed by atoms with van der Waals surface area (Å²) in [4.78, 5) is 11.4. The van der Waals surface area contributed by atoms with Crippen LogP contribution in [0.25, 0.3) is 6.08 Å². The molecular formula is C13H14N2O2. The third-order valence-corrected chi connectivity index (χ3v) is 2.21. The van der Waals surface area contributed by atoms with Crippen LogP contribution in [0.5, 0.6) is 0 Å². The van der Waals surface area contributed by atoms with Gasteiger partial charge in [-0.15, -0.1) is 0 Å². The van der Waals surface area contributed by atoms with E-state index in [1.54, 1.807) is 25.1 Å². The van der Waals surface area contributed by atoms with Crippen molar-refractivity contribution in [1.82, 2.24) is 0 Å². The van der Waals surface area contributed by atoms with E-state index in [0.717, 1.165) is 11.1 Å². The Morgan fingerprint density at radius 3 is 2.82 bits per heavy atom. The number of hydrogen-bond donors (Lipinski definition) is 1. The third-order valence-electron chi connectivity index (χ3n) is 2.21. The fraction of sp³-hybridized carbons (Fsp3) is 0.231. The minimum absolute atomic E-state index is 0.0141. The summed E-state index contributed by atoms with van der Waals surface area (Å²) in [6.45, 7) is 3.81. The van der Waals surface area contributed by atoms with Crippen molar-refractivity contribution in [1.29, 1.82) is 5.26 Å². The summed E-state index contributed by atoms with van der Waals surface area (Å²) < 4.78 is 4.78. The first kappa shape index (κ1) is 12.8. The number of carbonyl (C=O) groups excluding carboxylic acids is 1. The molecule has 0 aliphatic carbocycles. The summed E-state index contributed by atoms with van der Waals surface area (Å²) in [6.07, 6.45) is 1.51. The molecule has 4 nitrogen and oxygen atoms in total. The number of nitrogen functional groups attached to an aromatic ring is 1. The molecule has 0 aliphatic rings. The first-order valence-electron chi connectivity index (χ1n) is 5.23. The van der Waals surface area contributed by atoms with E-state index in [0.29, 0.717) is 5.69 Å². The van der Waals surface area contributed by atoms with Crippen molar-refractivity contribution in [3.05, 3.63) is 34.9 Å². The van der Waals surface area contributed by atoms with Crippen molar-refractivity contribution in [2.75, 3.05) is 12.3 Å². The van der Waals surface area contributed by atoms with Crippen LogP contribution in [0.3, 0.4) is 0 Å². The molecule has 1 rings (SSSR count). The zero-order valence-electron chi connectivity index (χ0n) is 9.86.